The molecule has 0 unspecified atom stereocenters. The van der Waals surface area contributed by atoms with Gasteiger partial charge in [-0.05, 0) is 23.6 Å². The minimum atomic E-state index is -1.05. The van der Waals surface area contributed by atoms with Crippen molar-refractivity contribution in [2.24, 2.45) is 5.92 Å². The third kappa shape index (κ3) is 5.38. The van der Waals surface area contributed by atoms with Gasteiger partial charge in [-0.3, -0.25) is 9.59 Å². The molecular weight excluding hydrogens is 326 g/mol. The van der Waals surface area contributed by atoms with Gasteiger partial charge < -0.3 is 10.6 Å². The number of carbonyl (C=O) groups is 2. The Kier molecular flexibility index (Phi) is 6.22. The number of nitrogens with one attached hydrogen (secondary N) is 2. The molecule has 2 N–H and O–H groups in total. The van der Waals surface area contributed by atoms with Gasteiger partial charge in [0.25, 0.3) is 0 Å². The molecule has 0 aliphatic heterocycles. The summed E-state index contributed by atoms with van der Waals surface area (Å²) < 4.78 is 26.2. The highest BCUT2D eigenvalue weighted by molar-refractivity contribution is 5.97. The predicted octanol–water partition coefficient (Wildman–Crippen LogP) is 3.29. The SMILES string of the molecule is CC(C)[C@H](NC(=O)Cc1ccccc1)C(=O)Nc1ccc(F)c(F)c1. The maximum Gasteiger partial charge on any atom is 0.247 e. The van der Waals surface area contributed by atoms with Crippen LogP contribution in [0.25, 0.3) is 0 Å². The first-order valence-electron chi connectivity index (χ1n) is 7.96. The van der Waals surface area contributed by atoms with Crippen LogP contribution in [0.5, 0.6) is 0 Å². The van der Waals surface area contributed by atoms with Crippen LogP contribution in [-0.2, 0) is 16.0 Å². The molecule has 0 spiro atoms. The minimum absolute atomic E-state index is 0.131. The van der Waals surface area contributed by atoms with Crippen LogP contribution >= 0.6 is 0 Å². The second kappa shape index (κ2) is 8.37. The van der Waals surface area contributed by atoms with Crippen molar-refractivity contribution in [2.75, 3.05) is 5.32 Å². The van der Waals surface area contributed by atoms with Crippen molar-refractivity contribution in [1.29, 1.82) is 0 Å². The number of amides is 2. The smallest absolute Gasteiger partial charge is 0.247 e. The summed E-state index contributed by atoms with van der Waals surface area (Å²) in [6, 6.07) is 11.5. The molecular formula is C19H20F2N2O2. The van der Waals surface area contributed by atoms with Gasteiger partial charge in [0.1, 0.15) is 6.04 Å². The molecule has 0 aliphatic rings. The lowest BCUT2D eigenvalue weighted by Gasteiger charge is -2.22. The van der Waals surface area contributed by atoms with Gasteiger partial charge in [-0.1, -0.05) is 44.2 Å². The van der Waals surface area contributed by atoms with Crippen molar-refractivity contribution in [3.8, 4) is 0 Å². The van der Waals surface area contributed by atoms with Gasteiger partial charge in [0.15, 0.2) is 11.6 Å². The molecule has 25 heavy (non-hydrogen) atoms. The molecule has 6 heteroatoms. The van der Waals surface area contributed by atoms with E-state index in [0.717, 1.165) is 17.7 Å². The lowest BCUT2D eigenvalue weighted by atomic mass is 10.0. The molecule has 0 saturated carbocycles. The van der Waals surface area contributed by atoms with Gasteiger partial charge in [-0.15, -0.1) is 0 Å². The van der Waals surface area contributed by atoms with E-state index in [2.05, 4.69) is 10.6 Å². The zero-order valence-corrected chi connectivity index (χ0v) is 14.1. The highest BCUT2D eigenvalue weighted by Gasteiger charge is 2.24. The third-order valence-electron chi connectivity index (χ3n) is 3.66. The summed E-state index contributed by atoms with van der Waals surface area (Å²) in [5.41, 5.74) is 0.968. The molecule has 2 aromatic carbocycles. The fourth-order valence-corrected chi connectivity index (χ4v) is 2.33. The molecule has 0 fully saturated rings. The Morgan fingerprint density at radius 1 is 1.00 bits per heavy atom. The fraction of sp³-hybridized carbons (Fsp3) is 0.263. The average Bonchev–Trinajstić information content (AvgIpc) is 2.56. The highest BCUT2D eigenvalue weighted by atomic mass is 19.2. The summed E-state index contributed by atoms with van der Waals surface area (Å²) in [5.74, 6) is -2.99. The number of hydrogen-bond donors (Lipinski definition) is 2. The van der Waals surface area contributed by atoms with Gasteiger partial charge in [-0.2, -0.15) is 0 Å². The van der Waals surface area contributed by atoms with Crippen molar-refractivity contribution < 1.29 is 18.4 Å². The second-order valence-electron chi connectivity index (χ2n) is 6.07. The van der Waals surface area contributed by atoms with Gasteiger partial charge in [0.05, 0.1) is 6.42 Å². The van der Waals surface area contributed by atoms with Crippen molar-refractivity contribution in [2.45, 2.75) is 26.3 Å². The van der Waals surface area contributed by atoms with Crippen LogP contribution in [0.3, 0.4) is 0 Å². The number of benzene rings is 2. The summed E-state index contributed by atoms with van der Waals surface area (Å²) in [7, 11) is 0. The number of halogens is 2. The molecule has 0 heterocycles. The van der Waals surface area contributed by atoms with E-state index in [1.807, 2.05) is 30.3 Å². The fourth-order valence-electron chi connectivity index (χ4n) is 2.33. The molecule has 2 amide bonds. The molecule has 4 nitrogen and oxygen atoms in total. The normalized spacial score (nSPS) is 11.9. The van der Waals surface area contributed by atoms with Crippen molar-refractivity contribution >= 4 is 17.5 Å². The van der Waals surface area contributed by atoms with Gasteiger partial charge >= 0.3 is 0 Å². The summed E-state index contributed by atoms with van der Waals surface area (Å²) in [6.07, 6.45) is 0.155. The van der Waals surface area contributed by atoms with Crippen LogP contribution in [0.4, 0.5) is 14.5 Å². The van der Waals surface area contributed by atoms with Gasteiger partial charge in [-0.25, -0.2) is 8.78 Å². The van der Waals surface area contributed by atoms with Crippen LogP contribution in [0.2, 0.25) is 0 Å². The molecule has 0 saturated heterocycles. The highest BCUT2D eigenvalue weighted by Crippen LogP contribution is 2.14. The van der Waals surface area contributed by atoms with Crippen molar-refractivity contribution in [3.63, 3.8) is 0 Å². The van der Waals surface area contributed by atoms with Crippen LogP contribution in [0, 0.1) is 17.6 Å². The zero-order chi connectivity index (χ0) is 18.4. The van der Waals surface area contributed by atoms with E-state index in [9.17, 15) is 18.4 Å². The summed E-state index contributed by atoms with van der Waals surface area (Å²) in [6.45, 7) is 3.58. The maximum absolute atomic E-state index is 13.2. The topological polar surface area (TPSA) is 58.2 Å². The lowest BCUT2D eigenvalue weighted by molar-refractivity contribution is -0.127. The number of hydrogen-bond acceptors (Lipinski definition) is 2. The lowest BCUT2D eigenvalue weighted by Crippen LogP contribution is -2.47. The Balaban J connectivity index is 2.02. The number of anilines is 1. The monoisotopic (exact) mass is 346 g/mol. The largest absolute Gasteiger partial charge is 0.344 e. The van der Waals surface area contributed by atoms with Crippen LogP contribution < -0.4 is 10.6 Å². The van der Waals surface area contributed by atoms with E-state index in [1.54, 1.807) is 13.8 Å². The van der Waals surface area contributed by atoms with Crippen LogP contribution in [0.1, 0.15) is 19.4 Å². The van der Waals surface area contributed by atoms with E-state index in [1.165, 1.54) is 6.07 Å². The second-order valence-corrected chi connectivity index (χ2v) is 6.07. The molecule has 132 valence electrons. The van der Waals surface area contributed by atoms with Crippen LogP contribution in [0.15, 0.2) is 48.5 Å². The molecule has 0 bridgehead atoms. The van der Waals surface area contributed by atoms with Crippen LogP contribution in [-0.4, -0.2) is 17.9 Å². The summed E-state index contributed by atoms with van der Waals surface area (Å²) in [5, 5.41) is 5.19. The first-order chi connectivity index (χ1) is 11.9. The van der Waals surface area contributed by atoms with E-state index in [0.29, 0.717) is 0 Å². The minimum Gasteiger partial charge on any atom is -0.344 e. The van der Waals surface area contributed by atoms with Crippen molar-refractivity contribution in [3.05, 3.63) is 65.7 Å². The summed E-state index contributed by atoms with van der Waals surface area (Å²) >= 11 is 0. The number of rotatable bonds is 6. The Labute approximate surface area is 145 Å². The molecule has 1 atom stereocenters. The molecule has 2 rings (SSSR count). The predicted molar refractivity (Wildman–Crippen MR) is 91.9 cm³/mol. The van der Waals surface area contributed by atoms with E-state index in [-0.39, 0.29) is 23.9 Å². The van der Waals surface area contributed by atoms with Gasteiger partial charge in [0.2, 0.25) is 11.8 Å². The maximum atomic E-state index is 13.2. The van der Waals surface area contributed by atoms with E-state index in [4.69, 9.17) is 0 Å². The standard InChI is InChI=1S/C19H20F2N2O2/c1-12(2)18(23-17(24)10-13-6-4-3-5-7-13)19(25)22-14-8-9-15(20)16(21)11-14/h3-9,11-12,18H,10H2,1-2H3,(H,22,25)(H,23,24)/t18-/m0/s1. The Hall–Kier alpha value is -2.76. The van der Waals surface area contributed by atoms with Gasteiger partial charge in [0, 0.05) is 11.8 Å². The first-order valence-corrected chi connectivity index (χ1v) is 7.96. The van der Waals surface area contributed by atoms with E-state index < -0.39 is 23.6 Å². The average molecular weight is 346 g/mol. The molecule has 0 aromatic heterocycles. The van der Waals surface area contributed by atoms with Crippen molar-refractivity contribution in [1.82, 2.24) is 5.32 Å². The molecule has 0 aliphatic carbocycles. The quantitative estimate of drug-likeness (QED) is 0.843. The third-order valence-corrected chi connectivity index (χ3v) is 3.66. The zero-order valence-electron chi connectivity index (χ0n) is 14.1. The first kappa shape index (κ1) is 18.6. The molecule has 2 aromatic rings. The van der Waals surface area contributed by atoms with E-state index >= 15 is 0 Å². The Morgan fingerprint density at radius 3 is 2.28 bits per heavy atom. The number of carbonyl (C=O) groups excluding carboxylic acids is 2. The Bertz CT molecular complexity index is 748. The summed E-state index contributed by atoms with van der Waals surface area (Å²) in [4.78, 5) is 24.6. The molecule has 0 radical (unpaired) electrons. The Morgan fingerprint density at radius 2 is 1.68 bits per heavy atom.